The van der Waals surface area contributed by atoms with E-state index in [0.29, 0.717) is 17.5 Å². The maximum Gasteiger partial charge on any atom is 0.125 e. The Hall–Kier alpha value is -1.67. The van der Waals surface area contributed by atoms with Gasteiger partial charge in [-0.2, -0.15) is 0 Å². The van der Waals surface area contributed by atoms with Crippen molar-refractivity contribution in [2.75, 3.05) is 7.11 Å². The zero-order valence-corrected chi connectivity index (χ0v) is 13.5. The van der Waals surface area contributed by atoms with Crippen LogP contribution in [0, 0.1) is 0 Å². The zero-order valence-electron chi connectivity index (χ0n) is 12.7. The number of ether oxygens (including phenoxy) is 2. The maximum atomic E-state index is 6.02. The summed E-state index contributed by atoms with van der Waals surface area (Å²) in [6.45, 7) is 4.86. The molecule has 2 nitrogen and oxygen atoms in total. The molecule has 0 bridgehead atoms. The molecule has 21 heavy (non-hydrogen) atoms. The molecule has 0 aliphatic heterocycles. The highest BCUT2D eigenvalue weighted by Gasteiger charge is 2.06. The van der Waals surface area contributed by atoms with Crippen molar-refractivity contribution < 1.29 is 9.47 Å². The summed E-state index contributed by atoms with van der Waals surface area (Å²) in [5.74, 6) is 2.21. The van der Waals surface area contributed by atoms with Crippen molar-refractivity contribution in [3.63, 3.8) is 0 Å². The van der Waals surface area contributed by atoms with Crippen LogP contribution in [0.4, 0.5) is 0 Å². The molecular weight excluding hydrogens is 284 g/mol. The van der Waals surface area contributed by atoms with Crippen LogP contribution in [0.3, 0.4) is 0 Å². The predicted octanol–water partition coefficient (Wildman–Crippen LogP) is 5.44. The smallest absolute Gasteiger partial charge is 0.125 e. The van der Waals surface area contributed by atoms with Gasteiger partial charge in [0, 0.05) is 10.6 Å². The van der Waals surface area contributed by atoms with Crippen LogP contribution in [0.5, 0.6) is 11.5 Å². The van der Waals surface area contributed by atoms with Crippen molar-refractivity contribution in [2.45, 2.75) is 32.8 Å². The SMILES string of the molecule is CCC(C)c1ccc(OCc2cc(Cl)ccc2OC)cc1. The summed E-state index contributed by atoms with van der Waals surface area (Å²) in [6.07, 6.45) is 1.14. The van der Waals surface area contributed by atoms with Gasteiger partial charge >= 0.3 is 0 Å². The van der Waals surface area contributed by atoms with Crippen molar-refractivity contribution in [2.24, 2.45) is 0 Å². The third kappa shape index (κ3) is 4.15. The number of hydrogen-bond acceptors (Lipinski definition) is 2. The van der Waals surface area contributed by atoms with Gasteiger partial charge in [-0.25, -0.2) is 0 Å². The van der Waals surface area contributed by atoms with E-state index < -0.39 is 0 Å². The fraction of sp³-hybridized carbons (Fsp3) is 0.333. The summed E-state index contributed by atoms with van der Waals surface area (Å²) >= 11 is 6.02. The topological polar surface area (TPSA) is 18.5 Å². The quantitative estimate of drug-likeness (QED) is 0.707. The van der Waals surface area contributed by atoms with Crippen molar-refractivity contribution >= 4 is 11.6 Å². The molecule has 2 rings (SSSR count). The minimum absolute atomic E-state index is 0.437. The van der Waals surface area contributed by atoms with Crippen LogP contribution < -0.4 is 9.47 Å². The van der Waals surface area contributed by atoms with Crippen LogP contribution in [0.2, 0.25) is 5.02 Å². The van der Waals surface area contributed by atoms with E-state index in [1.54, 1.807) is 7.11 Å². The number of rotatable bonds is 6. The number of halogens is 1. The molecule has 0 aromatic heterocycles. The molecule has 3 heteroatoms. The Morgan fingerprint density at radius 2 is 1.81 bits per heavy atom. The molecule has 0 spiro atoms. The van der Waals surface area contributed by atoms with Gasteiger partial charge in [-0.15, -0.1) is 0 Å². The van der Waals surface area contributed by atoms with Crippen molar-refractivity contribution in [1.29, 1.82) is 0 Å². The first kappa shape index (κ1) is 15.7. The normalized spacial score (nSPS) is 12.0. The van der Waals surface area contributed by atoms with Gasteiger partial charge in [0.15, 0.2) is 0 Å². The lowest BCUT2D eigenvalue weighted by Crippen LogP contribution is -1.99. The van der Waals surface area contributed by atoms with E-state index in [0.717, 1.165) is 23.5 Å². The lowest BCUT2D eigenvalue weighted by molar-refractivity contribution is 0.296. The highest BCUT2D eigenvalue weighted by atomic mass is 35.5. The molecule has 0 saturated carbocycles. The van der Waals surface area contributed by atoms with Crippen molar-refractivity contribution in [1.82, 2.24) is 0 Å². The molecule has 0 amide bonds. The molecule has 0 radical (unpaired) electrons. The summed E-state index contributed by atoms with van der Waals surface area (Å²) in [6, 6.07) is 13.8. The minimum Gasteiger partial charge on any atom is -0.496 e. The van der Waals surface area contributed by atoms with Crippen molar-refractivity contribution in [3.8, 4) is 11.5 Å². The second-order valence-corrected chi connectivity index (χ2v) is 5.56. The highest BCUT2D eigenvalue weighted by Crippen LogP contribution is 2.25. The minimum atomic E-state index is 0.437. The Morgan fingerprint density at radius 1 is 1.10 bits per heavy atom. The molecule has 2 aromatic rings. The van der Waals surface area contributed by atoms with E-state index >= 15 is 0 Å². The summed E-state index contributed by atoms with van der Waals surface area (Å²) < 4.78 is 11.1. The largest absolute Gasteiger partial charge is 0.496 e. The average Bonchev–Trinajstić information content (AvgIpc) is 2.52. The van der Waals surface area contributed by atoms with Crippen molar-refractivity contribution in [3.05, 3.63) is 58.6 Å². The van der Waals surface area contributed by atoms with Gasteiger partial charge in [0.25, 0.3) is 0 Å². The Bertz CT molecular complexity index is 578. The molecule has 0 fully saturated rings. The molecule has 0 N–H and O–H groups in total. The van der Waals surface area contributed by atoms with Gasteiger partial charge in [-0.3, -0.25) is 0 Å². The van der Waals surface area contributed by atoms with Gasteiger partial charge in [0.2, 0.25) is 0 Å². The Balaban J connectivity index is 2.04. The van der Waals surface area contributed by atoms with Crippen LogP contribution in [-0.2, 0) is 6.61 Å². The number of benzene rings is 2. The summed E-state index contributed by atoms with van der Waals surface area (Å²) in [5, 5.41) is 0.682. The molecular formula is C18H21ClO2. The van der Waals surface area contributed by atoms with Crippen LogP contribution in [0.15, 0.2) is 42.5 Å². The van der Waals surface area contributed by atoms with Crippen LogP contribution in [0.25, 0.3) is 0 Å². The molecule has 0 aliphatic rings. The average molecular weight is 305 g/mol. The Labute approximate surface area is 131 Å². The fourth-order valence-electron chi connectivity index (χ4n) is 2.15. The second kappa shape index (κ2) is 7.37. The van der Waals surface area contributed by atoms with Gasteiger partial charge in [0.05, 0.1) is 7.11 Å². The first-order valence-corrected chi connectivity index (χ1v) is 7.57. The van der Waals surface area contributed by atoms with Crippen LogP contribution in [-0.4, -0.2) is 7.11 Å². The van der Waals surface area contributed by atoms with E-state index in [2.05, 4.69) is 26.0 Å². The first-order chi connectivity index (χ1) is 10.1. The van der Waals surface area contributed by atoms with E-state index in [-0.39, 0.29) is 0 Å². The molecule has 0 aliphatic carbocycles. The fourth-order valence-corrected chi connectivity index (χ4v) is 2.34. The third-order valence-electron chi connectivity index (χ3n) is 3.70. The molecule has 0 saturated heterocycles. The lowest BCUT2D eigenvalue weighted by atomic mass is 9.99. The monoisotopic (exact) mass is 304 g/mol. The van der Waals surface area contributed by atoms with Gasteiger partial charge in [-0.1, -0.05) is 37.6 Å². The lowest BCUT2D eigenvalue weighted by Gasteiger charge is -2.12. The standard InChI is InChI=1S/C18H21ClO2/c1-4-13(2)14-5-8-17(9-6-14)21-12-15-11-16(19)7-10-18(15)20-3/h5-11,13H,4,12H2,1-3H3. The molecule has 1 atom stereocenters. The van der Waals surface area contributed by atoms with Gasteiger partial charge in [-0.05, 0) is 48.2 Å². The molecule has 2 aromatic carbocycles. The molecule has 1 unspecified atom stereocenters. The predicted molar refractivity (Wildman–Crippen MR) is 87.5 cm³/mol. The second-order valence-electron chi connectivity index (χ2n) is 5.12. The van der Waals surface area contributed by atoms with E-state index in [1.165, 1.54) is 5.56 Å². The molecule has 0 heterocycles. The summed E-state index contributed by atoms with van der Waals surface area (Å²) in [7, 11) is 1.65. The van der Waals surface area contributed by atoms with E-state index in [9.17, 15) is 0 Å². The van der Waals surface area contributed by atoms with Crippen LogP contribution in [0.1, 0.15) is 37.3 Å². The van der Waals surface area contributed by atoms with E-state index in [1.807, 2.05) is 30.3 Å². The zero-order chi connectivity index (χ0) is 15.2. The van der Waals surface area contributed by atoms with Gasteiger partial charge < -0.3 is 9.47 Å². The summed E-state index contributed by atoms with van der Waals surface area (Å²) in [5.41, 5.74) is 2.28. The highest BCUT2D eigenvalue weighted by molar-refractivity contribution is 6.30. The van der Waals surface area contributed by atoms with Crippen LogP contribution >= 0.6 is 11.6 Å². The van der Waals surface area contributed by atoms with E-state index in [4.69, 9.17) is 21.1 Å². The maximum absolute atomic E-state index is 6.02. The number of methoxy groups -OCH3 is 1. The molecule has 112 valence electrons. The Morgan fingerprint density at radius 3 is 2.43 bits per heavy atom. The summed E-state index contributed by atoms with van der Waals surface area (Å²) in [4.78, 5) is 0. The number of hydrogen-bond donors (Lipinski definition) is 0. The van der Waals surface area contributed by atoms with Gasteiger partial charge in [0.1, 0.15) is 18.1 Å². The first-order valence-electron chi connectivity index (χ1n) is 7.19. The third-order valence-corrected chi connectivity index (χ3v) is 3.93. The Kier molecular flexibility index (Phi) is 5.51.